The molecule has 1 N–H and O–H groups in total. The first-order valence-corrected chi connectivity index (χ1v) is 8.66. The van der Waals surface area contributed by atoms with Gasteiger partial charge in [0.2, 0.25) is 0 Å². The molecule has 1 aliphatic carbocycles. The Kier molecular flexibility index (Phi) is 4.30. The number of hydrogen-bond donors (Lipinski definition) is 1. The highest BCUT2D eigenvalue weighted by molar-refractivity contribution is 6.31. The number of piperazine rings is 1. The van der Waals surface area contributed by atoms with Gasteiger partial charge in [-0.05, 0) is 39.0 Å². The normalized spacial score (nSPS) is 27.2. The minimum Gasteiger partial charge on any atom is -0.309 e. The minimum atomic E-state index is 0.287. The van der Waals surface area contributed by atoms with Crippen LogP contribution in [0.15, 0.2) is 0 Å². The van der Waals surface area contributed by atoms with Gasteiger partial charge in [0.05, 0.1) is 16.4 Å². The van der Waals surface area contributed by atoms with E-state index < -0.39 is 0 Å². The van der Waals surface area contributed by atoms with E-state index in [4.69, 9.17) is 11.6 Å². The molecule has 1 atom stereocenters. The Morgan fingerprint density at radius 1 is 1.38 bits per heavy atom. The maximum Gasteiger partial charge on any atom is 0.0863 e. The lowest BCUT2D eigenvalue weighted by Gasteiger charge is -2.42. The van der Waals surface area contributed by atoms with Crippen molar-refractivity contribution in [2.45, 2.75) is 58.7 Å². The molecule has 0 amide bonds. The molecular formula is C16H27ClN4. The molecule has 21 heavy (non-hydrogen) atoms. The summed E-state index contributed by atoms with van der Waals surface area (Å²) in [5, 5.41) is 9.25. The molecule has 0 spiro atoms. The number of aromatic nitrogens is 2. The van der Waals surface area contributed by atoms with Crippen molar-refractivity contribution in [2.24, 2.45) is 5.92 Å². The van der Waals surface area contributed by atoms with Gasteiger partial charge in [-0.3, -0.25) is 9.58 Å². The van der Waals surface area contributed by atoms with E-state index in [1.165, 1.54) is 18.5 Å². The van der Waals surface area contributed by atoms with Crippen molar-refractivity contribution in [1.29, 1.82) is 0 Å². The van der Waals surface area contributed by atoms with E-state index in [1.54, 1.807) is 0 Å². The van der Waals surface area contributed by atoms with E-state index in [0.717, 1.165) is 55.8 Å². The molecular weight excluding hydrogens is 284 g/mol. The lowest BCUT2D eigenvalue weighted by molar-refractivity contribution is 0.119. The van der Waals surface area contributed by atoms with E-state index in [2.05, 4.69) is 40.8 Å². The summed E-state index contributed by atoms with van der Waals surface area (Å²) in [6.45, 7) is 11.7. The Morgan fingerprint density at radius 3 is 2.76 bits per heavy atom. The third-order valence-electron chi connectivity index (χ3n) is 5.05. The van der Waals surface area contributed by atoms with Crippen LogP contribution in [-0.2, 0) is 19.5 Å². The first kappa shape index (κ1) is 15.3. The molecule has 118 valence electrons. The second-order valence-corrected chi connectivity index (χ2v) is 7.08. The summed E-state index contributed by atoms with van der Waals surface area (Å²) in [6, 6.07) is 0. The topological polar surface area (TPSA) is 33.1 Å². The van der Waals surface area contributed by atoms with Gasteiger partial charge >= 0.3 is 0 Å². The fourth-order valence-electron chi connectivity index (χ4n) is 3.61. The molecule has 2 heterocycles. The molecule has 1 aromatic heterocycles. The van der Waals surface area contributed by atoms with Gasteiger partial charge in [0.1, 0.15) is 0 Å². The second-order valence-electron chi connectivity index (χ2n) is 6.71. The Bertz CT molecular complexity index is 509. The van der Waals surface area contributed by atoms with Crippen molar-refractivity contribution in [1.82, 2.24) is 20.0 Å². The lowest BCUT2D eigenvalue weighted by atomic mass is 9.93. The molecule has 1 aromatic rings. The molecule has 1 unspecified atom stereocenters. The maximum atomic E-state index is 6.55. The summed E-state index contributed by atoms with van der Waals surface area (Å²) in [6.07, 6.45) is 3.66. The van der Waals surface area contributed by atoms with E-state index in [9.17, 15) is 0 Å². The smallest absolute Gasteiger partial charge is 0.0863 e. The van der Waals surface area contributed by atoms with Crippen molar-refractivity contribution >= 4 is 11.6 Å². The monoisotopic (exact) mass is 310 g/mol. The van der Waals surface area contributed by atoms with Crippen LogP contribution in [0.3, 0.4) is 0 Å². The Labute approximate surface area is 132 Å². The van der Waals surface area contributed by atoms with E-state index in [-0.39, 0.29) is 5.54 Å². The molecule has 1 aliphatic heterocycles. The summed E-state index contributed by atoms with van der Waals surface area (Å²) in [5.74, 6) is 0.859. The summed E-state index contributed by atoms with van der Waals surface area (Å²) in [7, 11) is 0. The lowest BCUT2D eigenvalue weighted by Crippen LogP contribution is -2.59. The summed E-state index contributed by atoms with van der Waals surface area (Å²) in [5.41, 5.74) is 2.51. The van der Waals surface area contributed by atoms with E-state index >= 15 is 0 Å². The highest BCUT2D eigenvalue weighted by atomic mass is 35.5. The van der Waals surface area contributed by atoms with Gasteiger partial charge < -0.3 is 5.32 Å². The maximum absolute atomic E-state index is 6.55. The molecule has 1 saturated carbocycles. The van der Waals surface area contributed by atoms with Crippen LogP contribution in [0.5, 0.6) is 0 Å². The average Bonchev–Trinajstić information content (AvgIpc) is 3.28. The van der Waals surface area contributed by atoms with Crippen LogP contribution in [0.25, 0.3) is 0 Å². The van der Waals surface area contributed by atoms with Crippen molar-refractivity contribution in [3.63, 3.8) is 0 Å². The highest BCUT2D eigenvalue weighted by Gasteiger charge is 2.43. The van der Waals surface area contributed by atoms with Gasteiger partial charge in [0, 0.05) is 38.3 Å². The van der Waals surface area contributed by atoms with Crippen molar-refractivity contribution in [3.8, 4) is 0 Å². The Morgan fingerprint density at radius 2 is 2.14 bits per heavy atom. The number of nitrogens with zero attached hydrogens (tertiary/aromatic N) is 3. The van der Waals surface area contributed by atoms with Gasteiger partial charge in [-0.25, -0.2) is 0 Å². The number of rotatable bonds is 5. The zero-order chi connectivity index (χ0) is 15.0. The van der Waals surface area contributed by atoms with Crippen molar-refractivity contribution in [2.75, 3.05) is 19.6 Å². The predicted octanol–water partition coefficient (Wildman–Crippen LogP) is 2.69. The standard InChI is InChI=1S/C16H27ClN4/c1-4-13-15(17)14(21(5-2)19-13)10-20-9-8-18-16(3,11-20)12-6-7-12/h12,18H,4-11H2,1-3H3. The molecule has 4 nitrogen and oxygen atoms in total. The van der Waals surface area contributed by atoms with Crippen molar-refractivity contribution < 1.29 is 0 Å². The number of hydrogen-bond acceptors (Lipinski definition) is 3. The van der Waals surface area contributed by atoms with Crippen LogP contribution in [0, 0.1) is 5.92 Å². The minimum absolute atomic E-state index is 0.287. The average molecular weight is 311 g/mol. The fraction of sp³-hybridized carbons (Fsp3) is 0.812. The molecule has 5 heteroatoms. The Balaban J connectivity index is 1.75. The zero-order valence-electron chi connectivity index (χ0n) is 13.5. The molecule has 2 aliphatic rings. The molecule has 0 radical (unpaired) electrons. The van der Waals surface area contributed by atoms with E-state index in [1.807, 2.05) is 0 Å². The quantitative estimate of drug-likeness (QED) is 0.908. The van der Waals surface area contributed by atoms with Gasteiger partial charge in [0.15, 0.2) is 0 Å². The molecule has 3 rings (SSSR count). The molecule has 0 bridgehead atoms. The molecule has 2 fully saturated rings. The SMILES string of the molecule is CCc1nn(CC)c(CN2CCNC(C)(C3CC3)C2)c1Cl. The predicted molar refractivity (Wildman–Crippen MR) is 86.7 cm³/mol. The van der Waals surface area contributed by atoms with Gasteiger partial charge in [0.25, 0.3) is 0 Å². The third-order valence-corrected chi connectivity index (χ3v) is 5.49. The number of nitrogens with one attached hydrogen (secondary N) is 1. The van der Waals surface area contributed by atoms with Crippen LogP contribution >= 0.6 is 11.6 Å². The molecule has 1 saturated heterocycles. The van der Waals surface area contributed by atoms with Gasteiger partial charge in [-0.2, -0.15) is 5.10 Å². The van der Waals surface area contributed by atoms with Crippen LogP contribution in [-0.4, -0.2) is 39.9 Å². The van der Waals surface area contributed by atoms with Crippen LogP contribution in [0.1, 0.15) is 45.0 Å². The summed E-state index contributed by atoms with van der Waals surface area (Å²) in [4.78, 5) is 2.54. The number of aryl methyl sites for hydroxylation is 2. The van der Waals surface area contributed by atoms with Crippen LogP contribution in [0.2, 0.25) is 5.02 Å². The first-order chi connectivity index (χ1) is 10.1. The zero-order valence-corrected chi connectivity index (χ0v) is 14.2. The largest absolute Gasteiger partial charge is 0.309 e. The second kappa shape index (κ2) is 5.90. The fourth-order valence-corrected chi connectivity index (χ4v) is 3.94. The van der Waals surface area contributed by atoms with Gasteiger partial charge in [-0.1, -0.05) is 18.5 Å². The highest BCUT2D eigenvalue weighted by Crippen LogP contribution is 2.41. The third kappa shape index (κ3) is 2.99. The van der Waals surface area contributed by atoms with E-state index in [0.29, 0.717) is 0 Å². The molecule has 0 aromatic carbocycles. The van der Waals surface area contributed by atoms with Crippen LogP contribution < -0.4 is 5.32 Å². The van der Waals surface area contributed by atoms with Crippen LogP contribution in [0.4, 0.5) is 0 Å². The summed E-state index contributed by atoms with van der Waals surface area (Å²) < 4.78 is 2.08. The van der Waals surface area contributed by atoms with Crippen molar-refractivity contribution in [3.05, 3.63) is 16.4 Å². The Hall–Kier alpha value is -0.580. The van der Waals surface area contributed by atoms with Gasteiger partial charge in [-0.15, -0.1) is 0 Å². The number of halogens is 1. The summed E-state index contributed by atoms with van der Waals surface area (Å²) >= 11 is 6.55. The first-order valence-electron chi connectivity index (χ1n) is 8.28.